The van der Waals surface area contributed by atoms with Crippen LogP contribution in [0.2, 0.25) is 0 Å². The lowest BCUT2D eigenvalue weighted by Gasteiger charge is -2.23. The molecule has 10 heteroatoms. The molecule has 2 aromatic rings. The minimum absolute atomic E-state index is 0.244. The minimum atomic E-state index is -4.68. The fourth-order valence-corrected chi connectivity index (χ4v) is 2.62. The van der Waals surface area contributed by atoms with E-state index in [2.05, 4.69) is 20.5 Å². The standard InChI is InChI=1S/C13H15F3N6O/c1-2-21-6-8(10(20-21)13(14,15)16)12(23)19-9-4-3-5-22-11(9)17-7-18-22/h6-7,9H,2-5H2,1H3,(H,19,23). The van der Waals surface area contributed by atoms with Crippen LogP contribution < -0.4 is 5.32 Å². The Morgan fingerprint density at radius 3 is 2.96 bits per heavy atom. The Morgan fingerprint density at radius 1 is 1.48 bits per heavy atom. The smallest absolute Gasteiger partial charge is 0.342 e. The van der Waals surface area contributed by atoms with E-state index in [1.807, 2.05) is 0 Å². The van der Waals surface area contributed by atoms with Gasteiger partial charge in [-0.2, -0.15) is 23.4 Å². The number of carbonyl (C=O) groups excluding carboxylic acids is 1. The molecule has 0 aliphatic carbocycles. The lowest BCUT2D eigenvalue weighted by atomic mass is 10.1. The first-order valence-corrected chi connectivity index (χ1v) is 7.23. The van der Waals surface area contributed by atoms with E-state index in [4.69, 9.17) is 0 Å². The summed E-state index contributed by atoms with van der Waals surface area (Å²) in [4.78, 5) is 16.4. The number of aryl methyl sites for hydroxylation is 2. The van der Waals surface area contributed by atoms with Gasteiger partial charge in [0.15, 0.2) is 5.69 Å². The molecule has 0 aromatic carbocycles. The molecule has 0 saturated carbocycles. The van der Waals surface area contributed by atoms with Crippen LogP contribution in [0.3, 0.4) is 0 Å². The van der Waals surface area contributed by atoms with Crippen molar-refractivity contribution in [3.8, 4) is 0 Å². The third-order valence-electron chi connectivity index (χ3n) is 3.72. The lowest BCUT2D eigenvalue weighted by molar-refractivity contribution is -0.141. The molecule has 3 rings (SSSR count). The highest BCUT2D eigenvalue weighted by atomic mass is 19.4. The molecule has 7 nitrogen and oxygen atoms in total. The predicted molar refractivity (Wildman–Crippen MR) is 72.4 cm³/mol. The highest BCUT2D eigenvalue weighted by Crippen LogP contribution is 2.31. The van der Waals surface area contributed by atoms with Gasteiger partial charge in [-0.05, 0) is 19.8 Å². The van der Waals surface area contributed by atoms with Crippen LogP contribution in [0.15, 0.2) is 12.5 Å². The average molecular weight is 328 g/mol. The second kappa shape index (κ2) is 5.67. The Hall–Kier alpha value is -2.39. The van der Waals surface area contributed by atoms with Gasteiger partial charge in [0.25, 0.3) is 5.91 Å². The van der Waals surface area contributed by atoms with Gasteiger partial charge in [-0.1, -0.05) is 0 Å². The van der Waals surface area contributed by atoms with Gasteiger partial charge in [0, 0.05) is 19.3 Å². The van der Waals surface area contributed by atoms with Gasteiger partial charge in [-0.15, -0.1) is 0 Å². The van der Waals surface area contributed by atoms with E-state index in [-0.39, 0.29) is 6.54 Å². The maximum atomic E-state index is 13.0. The molecule has 0 fully saturated rings. The molecular weight excluding hydrogens is 313 g/mol. The van der Waals surface area contributed by atoms with E-state index in [9.17, 15) is 18.0 Å². The van der Waals surface area contributed by atoms with Crippen LogP contribution in [0.1, 0.15) is 47.7 Å². The van der Waals surface area contributed by atoms with Crippen molar-refractivity contribution in [2.24, 2.45) is 0 Å². The Morgan fingerprint density at radius 2 is 2.26 bits per heavy atom. The average Bonchev–Trinajstić information content (AvgIpc) is 3.13. The monoisotopic (exact) mass is 328 g/mol. The number of nitrogens with one attached hydrogen (secondary N) is 1. The number of rotatable bonds is 3. The minimum Gasteiger partial charge on any atom is -0.342 e. The topological polar surface area (TPSA) is 77.6 Å². The zero-order valence-electron chi connectivity index (χ0n) is 12.3. The van der Waals surface area contributed by atoms with Crippen molar-refractivity contribution in [2.45, 2.75) is 45.1 Å². The molecule has 1 N–H and O–H groups in total. The maximum absolute atomic E-state index is 13.0. The molecule has 124 valence electrons. The SMILES string of the molecule is CCn1cc(C(=O)NC2CCCn3ncnc32)c(C(F)(F)F)n1. The third kappa shape index (κ3) is 2.92. The summed E-state index contributed by atoms with van der Waals surface area (Å²) in [5.41, 5.74) is -1.65. The van der Waals surface area contributed by atoms with Gasteiger partial charge < -0.3 is 5.32 Å². The first kappa shape index (κ1) is 15.5. The van der Waals surface area contributed by atoms with E-state index in [1.54, 1.807) is 11.6 Å². The van der Waals surface area contributed by atoms with Crippen molar-refractivity contribution in [3.63, 3.8) is 0 Å². The summed E-state index contributed by atoms with van der Waals surface area (Å²) in [5, 5.41) is 10.1. The maximum Gasteiger partial charge on any atom is 0.435 e. The number of carbonyl (C=O) groups is 1. The number of aromatic nitrogens is 5. The third-order valence-corrected chi connectivity index (χ3v) is 3.72. The zero-order chi connectivity index (χ0) is 16.6. The fraction of sp³-hybridized carbons (Fsp3) is 0.538. The van der Waals surface area contributed by atoms with Crippen LogP contribution >= 0.6 is 0 Å². The Kier molecular flexibility index (Phi) is 3.82. The van der Waals surface area contributed by atoms with Gasteiger partial charge >= 0.3 is 6.18 Å². The van der Waals surface area contributed by atoms with Crippen LogP contribution in [0.4, 0.5) is 13.2 Å². The lowest BCUT2D eigenvalue weighted by Crippen LogP contribution is -2.34. The van der Waals surface area contributed by atoms with Crippen LogP contribution in [-0.2, 0) is 19.3 Å². The summed E-state index contributed by atoms with van der Waals surface area (Å²) in [6.45, 7) is 2.58. The number of fused-ring (bicyclic) bond motifs is 1. The molecule has 0 spiro atoms. The summed E-state index contributed by atoms with van der Waals surface area (Å²) in [6, 6.07) is -0.454. The summed E-state index contributed by atoms with van der Waals surface area (Å²) < 4.78 is 41.9. The largest absolute Gasteiger partial charge is 0.435 e. The molecule has 1 aliphatic heterocycles. The second-order valence-corrected chi connectivity index (χ2v) is 5.25. The van der Waals surface area contributed by atoms with E-state index in [1.165, 1.54) is 6.33 Å². The summed E-state index contributed by atoms with van der Waals surface area (Å²) in [5.74, 6) is -0.250. The number of halogens is 3. The van der Waals surface area contributed by atoms with Crippen LogP contribution in [0.25, 0.3) is 0 Å². The van der Waals surface area contributed by atoms with Crippen molar-refractivity contribution in [2.75, 3.05) is 0 Å². The quantitative estimate of drug-likeness (QED) is 0.932. The highest BCUT2D eigenvalue weighted by molar-refractivity contribution is 5.95. The van der Waals surface area contributed by atoms with Gasteiger partial charge in [-0.3, -0.25) is 9.48 Å². The normalized spacial score (nSPS) is 17.8. The Labute approximate surface area is 129 Å². The van der Waals surface area contributed by atoms with Crippen molar-refractivity contribution in [1.29, 1.82) is 0 Å². The summed E-state index contributed by atoms with van der Waals surface area (Å²) in [6.07, 6.45) is -0.823. The number of hydrogen-bond donors (Lipinski definition) is 1. The molecule has 2 aromatic heterocycles. The first-order valence-electron chi connectivity index (χ1n) is 7.23. The fourth-order valence-electron chi connectivity index (χ4n) is 2.62. The van der Waals surface area contributed by atoms with Gasteiger partial charge in [-0.25, -0.2) is 9.67 Å². The number of alkyl halides is 3. The van der Waals surface area contributed by atoms with E-state index in [0.29, 0.717) is 18.8 Å². The predicted octanol–water partition coefficient (Wildman–Crippen LogP) is 1.78. The van der Waals surface area contributed by atoms with E-state index >= 15 is 0 Å². The van der Waals surface area contributed by atoms with Gasteiger partial charge in [0.05, 0.1) is 11.6 Å². The molecule has 0 bridgehead atoms. The summed E-state index contributed by atoms with van der Waals surface area (Å²) >= 11 is 0. The molecule has 0 radical (unpaired) electrons. The number of nitrogens with zero attached hydrogens (tertiary/aromatic N) is 5. The zero-order valence-corrected chi connectivity index (χ0v) is 12.3. The Balaban J connectivity index is 1.86. The van der Waals surface area contributed by atoms with Gasteiger partial charge in [0.2, 0.25) is 0 Å². The van der Waals surface area contributed by atoms with E-state index in [0.717, 1.165) is 17.3 Å². The molecule has 1 atom stereocenters. The van der Waals surface area contributed by atoms with Crippen molar-refractivity contribution >= 4 is 5.91 Å². The van der Waals surface area contributed by atoms with Gasteiger partial charge in [0.1, 0.15) is 12.2 Å². The Bertz CT molecular complexity index is 720. The van der Waals surface area contributed by atoms with Crippen LogP contribution in [0.5, 0.6) is 0 Å². The first-order chi connectivity index (χ1) is 10.9. The van der Waals surface area contributed by atoms with Crippen LogP contribution in [-0.4, -0.2) is 30.5 Å². The van der Waals surface area contributed by atoms with Crippen molar-refractivity contribution in [1.82, 2.24) is 29.9 Å². The highest BCUT2D eigenvalue weighted by Gasteiger charge is 2.39. The summed E-state index contributed by atoms with van der Waals surface area (Å²) in [7, 11) is 0. The molecular formula is C13H15F3N6O. The molecule has 1 unspecified atom stereocenters. The van der Waals surface area contributed by atoms with Crippen LogP contribution in [0, 0.1) is 0 Å². The number of amides is 1. The van der Waals surface area contributed by atoms with Crippen molar-refractivity contribution < 1.29 is 18.0 Å². The second-order valence-electron chi connectivity index (χ2n) is 5.25. The number of hydrogen-bond acceptors (Lipinski definition) is 4. The van der Waals surface area contributed by atoms with Crippen molar-refractivity contribution in [3.05, 3.63) is 29.6 Å². The molecule has 1 aliphatic rings. The molecule has 1 amide bonds. The molecule has 3 heterocycles. The molecule has 0 saturated heterocycles. The van der Waals surface area contributed by atoms with E-state index < -0.39 is 29.4 Å². The molecule has 23 heavy (non-hydrogen) atoms.